The third-order valence-electron chi connectivity index (χ3n) is 2.71. The summed E-state index contributed by atoms with van der Waals surface area (Å²) in [7, 11) is 2.08. The minimum atomic E-state index is 0.0210. The van der Waals surface area contributed by atoms with Crippen molar-refractivity contribution >= 4 is 17.6 Å². The van der Waals surface area contributed by atoms with Gasteiger partial charge in [0.15, 0.2) is 0 Å². The molecule has 0 aliphatic carbocycles. The predicted octanol–water partition coefficient (Wildman–Crippen LogP) is 2.29. The lowest BCUT2D eigenvalue weighted by atomic mass is 10.1. The van der Waals surface area contributed by atoms with Gasteiger partial charge in [0.25, 0.3) is 0 Å². The Balaban J connectivity index is 2.93. The highest BCUT2D eigenvalue weighted by Gasteiger charge is 2.15. The zero-order chi connectivity index (χ0) is 12.1. The van der Waals surface area contributed by atoms with Crippen LogP contribution in [0.5, 0.6) is 0 Å². The molecular weight excluding hydrogens is 218 g/mol. The van der Waals surface area contributed by atoms with Gasteiger partial charge in [0.1, 0.15) is 5.82 Å². The fraction of sp³-hybridized carbons (Fsp3) is 0.583. The molecule has 1 rings (SSSR count). The van der Waals surface area contributed by atoms with Crippen LogP contribution >= 0.6 is 11.8 Å². The molecule has 0 fully saturated rings. The summed E-state index contributed by atoms with van der Waals surface area (Å²) in [5.74, 6) is 2.09. The van der Waals surface area contributed by atoms with Crippen LogP contribution in [-0.2, 0) is 0 Å². The maximum Gasteiger partial charge on any atom is 0.133 e. The summed E-state index contributed by atoms with van der Waals surface area (Å²) in [6.45, 7) is 4.20. The number of anilines is 1. The number of hydrogen-bond donors (Lipinski definition) is 1. The Kier molecular flexibility index (Phi) is 5.09. The van der Waals surface area contributed by atoms with E-state index >= 15 is 0 Å². The molecular formula is C12H21N3S. The molecule has 0 aliphatic heterocycles. The molecule has 0 saturated carbocycles. The average Bonchev–Trinajstić information content (AvgIpc) is 2.28. The zero-order valence-electron chi connectivity index (χ0n) is 10.5. The quantitative estimate of drug-likeness (QED) is 0.856. The Morgan fingerprint density at radius 1 is 1.50 bits per heavy atom. The van der Waals surface area contributed by atoms with Crippen LogP contribution in [0.15, 0.2) is 18.3 Å². The summed E-state index contributed by atoms with van der Waals surface area (Å²) < 4.78 is 0. The topological polar surface area (TPSA) is 42.2 Å². The monoisotopic (exact) mass is 239 g/mol. The lowest BCUT2D eigenvalue weighted by molar-refractivity contribution is 0.729. The molecule has 90 valence electrons. The molecule has 3 nitrogen and oxygen atoms in total. The average molecular weight is 239 g/mol. The van der Waals surface area contributed by atoms with E-state index < -0.39 is 0 Å². The zero-order valence-corrected chi connectivity index (χ0v) is 11.3. The van der Waals surface area contributed by atoms with Crippen molar-refractivity contribution in [3.63, 3.8) is 0 Å². The second-order valence-corrected chi connectivity index (χ2v) is 5.03. The van der Waals surface area contributed by atoms with E-state index in [4.69, 9.17) is 5.73 Å². The van der Waals surface area contributed by atoms with E-state index in [0.717, 1.165) is 17.1 Å². The van der Waals surface area contributed by atoms with Gasteiger partial charge in [-0.25, -0.2) is 4.98 Å². The maximum absolute atomic E-state index is 5.95. The number of pyridine rings is 1. The highest BCUT2D eigenvalue weighted by molar-refractivity contribution is 7.98. The van der Waals surface area contributed by atoms with Gasteiger partial charge in [0.05, 0.1) is 0 Å². The Labute approximate surface area is 102 Å². The Hall–Kier alpha value is -0.740. The molecule has 2 N–H and O–H groups in total. The molecule has 4 heteroatoms. The molecule has 16 heavy (non-hydrogen) atoms. The van der Waals surface area contributed by atoms with Crippen molar-refractivity contribution in [2.45, 2.75) is 25.9 Å². The van der Waals surface area contributed by atoms with Gasteiger partial charge >= 0.3 is 0 Å². The van der Waals surface area contributed by atoms with Crippen LogP contribution < -0.4 is 10.6 Å². The summed E-state index contributed by atoms with van der Waals surface area (Å²) in [6, 6.07) is 4.47. The highest BCUT2D eigenvalue weighted by Crippen LogP contribution is 2.23. The molecule has 2 unspecified atom stereocenters. The van der Waals surface area contributed by atoms with Gasteiger partial charge in [-0.05, 0) is 26.2 Å². The molecule has 0 amide bonds. The molecule has 1 heterocycles. The van der Waals surface area contributed by atoms with Crippen LogP contribution in [0.3, 0.4) is 0 Å². The van der Waals surface area contributed by atoms with Crippen LogP contribution in [0.4, 0.5) is 5.82 Å². The highest BCUT2D eigenvalue weighted by atomic mass is 32.2. The summed E-state index contributed by atoms with van der Waals surface area (Å²) >= 11 is 1.85. The number of rotatable bonds is 5. The van der Waals surface area contributed by atoms with E-state index in [1.54, 1.807) is 0 Å². The van der Waals surface area contributed by atoms with Crippen LogP contribution in [-0.4, -0.2) is 30.1 Å². The van der Waals surface area contributed by atoms with Gasteiger partial charge in [-0.3, -0.25) is 0 Å². The summed E-state index contributed by atoms with van der Waals surface area (Å²) in [6.07, 6.45) is 3.94. The smallest absolute Gasteiger partial charge is 0.133 e. The molecule has 2 atom stereocenters. The van der Waals surface area contributed by atoms with Crippen molar-refractivity contribution in [3.8, 4) is 0 Å². The van der Waals surface area contributed by atoms with Crippen molar-refractivity contribution in [2.24, 2.45) is 5.73 Å². The van der Waals surface area contributed by atoms with Crippen molar-refractivity contribution in [1.29, 1.82) is 0 Å². The first-order valence-corrected chi connectivity index (χ1v) is 6.89. The van der Waals surface area contributed by atoms with Crippen LogP contribution in [0.1, 0.15) is 25.5 Å². The Morgan fingerprint density at radius 3 is 2.75 bits per heavy atom. The second kappa shape index (κ2) is 6.11. The number of thioether (sulfide) groups is 1. The van der Waals surface area contributed by atoms with Crippen LogP contribution in [0, 0.1) is 0 Å². The maximum atomic E-state index is 5.95. The molecule has 0 aromatic carbocycles. The molecule has 0 radical (unpaired) electrons. The number of aromatic nitrogens is 1. The third kappa shape index (κ3) is 3.12. The number of hydrogen-bond acceptors (Lipinski definition) is 4. The fourth-order valence-corrected chi connectivity index (χ4v) is 2.33. The summed E-state index contributed by atoms with van der Waals surface area (Å²) in [5, 5.41) is 0. The molecule has 0 saturated heterocycles. The molecule has 1 aromatic heterocycles. The number of nitrogens with two attached hydrogens (primary N) is 1. The fourth-order valence-electron chi connectivity index (χ4n) is 1.62. The van der Waals surface area contributed by atoms with Crippen LogP contribution in [0.25, 0.3) is 0 Å². The first-order valence-electron chi connectivity index (χ1n) is 5.50. The lowest BCUT2D eigenvalue weighted by Gasteiger charge is -2.28. The molecule has 1 aromatic rings. The largest absolute Gasteiger partial charge is 0.356 e. The van der Waals surface area contributed by atoms with Gasteiger partial charge in [-0.1, -0.05) is 6.07 Å². The van der Waals surface area contributed by atoms with Gasteiger partial charge < -0.3 is 10.6 Å². The third-order valence-corrected chi connectivity index (χ3v) is 3.53. The van der Waals surface area contributed by atoms with Crippen LogP contribution in [0.2, 0.25) is 0 Å². The Bertz CT molecular complexity index is 328. The first-order chi connectivity index (χ1) is 7.57. The van der Waals surface area contributed by atoms with E-state index in [2.05, 4.69) is 36.2 Å². The van der Waals surface area contributed by atoms with Gasteiger partial charge in [-0.15, -0.1) is 0 Å². The summed E-state index contributed by atoms with van der Waals surface area (Å²) in [4.78, 5) is 6.64. The van der Waals surface area contributed by atoms with E-state index in [-0.39, 0.29) is 6.04 Å². The van der Waals surface area contributed by atoms with Gasteiger partial charge in [-0.2, -0.15) is 11.8 Å². The molecule has 0 spiro atoms. The van der Waals surface area contributed by atoms with Crippen molar-refractivity contribution in [2.75, 3.05) is 24.0 Å². The minimum absolute atomic E-state index is 0.0210. The van der Waals surface area contributed by atoms with E-state index in [1.807, 2.05) is 30.9 Å². The van der Waals surface area contributed by atoms with Gasteiger partial charge in [0, 0.05) is 36.6 Å². The van der Waals surface area contributed by atoms with Gasteiger partial charge in [0.2, 0.25) is 0 Å². The summed E-state index contributed by atoms with van der Waals surface area (Å²) in [5.41, 5.74) is 7.06. The van der Waals surface area contributed by atoms with Crippen molar-refractivity contribution < 1.29 is 0 Å². The van der Waals surface area contributed by atoms with E-state index in [0.29, 0.717) is 6.04 Å². The SMILES string of the molecule is CSCC(C)N(C)c1ncccc1C(C)N. The molecule has 0 aliphatic rings. The first kappa shape index (κ1) is 13.3. The Morgan fingerprint density at radius 2 is 2.19 bits per heavy atom. The molecule has 0 bridgehead atoms. The normalized spacial score (nSPS) is 14.6. The minimum Gasteiger partial charge on any atom is -0.356 e. The van der Waals surface area contributed by atoms with Crippen molar-refractivity contribution in [1.82, 2.24) is 4.98 Å². The van der Waals surface area contributed by atoms with Crippen molar-refractivity contribution in [3.05, 3.63) is 23.9 Å². The van der Waals surface area contributed by atoms with E-state index in [1.165, 1.54) is 0 Å². The number of nitrogens with zero attached hydrogens (tertiary/aromatic N) is 2. The predicted molar refractivity (Wildman–Crippen MR) is 73.1 cm³/mol. The standard InChI is InChI=1S/C12H21N3S/c1-9(8-16-4)15(3)12-11(10(2)13)6-5-7-14-12/h5-7,9-10H,8,13H2,1-4H3. The second-order valence-electron chi connectivity index (χ2n) is 4.12. The lowest BCUT2D eigenvalue weighted by Crippen LogP contribution is -2.33. The van der Waals surface area contributed by atoms with E-state index in [9.17, 15) is 0 Å².